The molecule has 2 rings (SSSR count). The first-order valence-electron chi connectivity index (χ1n) is 5.74. The number of carbonyl (C=O) groups excluding carboxylic acids is 2. The number of halogens is 1. The summed E-state index contributed by atoms with van der Waals surface area (Å²) in [6.45, 7) is 5.26. The fourth-order valence-electron chi connectivity index (χ4n) is 2.02. The molecule has 1 aliphatic heterocycles. The molecule has 1 unspecified atom stereocenters. The quantitative estimate of drug-likeness (QED) is 0.787. The second-order valence-corrected chi connectivity index (χ2v) is 5.37. The van der Waals surface area contributed by atoms with Crippen LogP contribution in [0.15, 0.2) is 39.9 Å². The summed E-state index contributed by atoms with van der Waals surface area (Å²) in [7, 11) is 0. The van der Waals surface area contributed by atoms with E-state index in [2.05, 4.69) is 15.9 Å². The van der Waals surface area contributed by atoms with Gasteiger partial charge in [0, 0.05) is 15.6 Å². The molecule has 0 fully saturated rings. The molecule has 0 bridgehead atoms. The van der Waals surface area contributed by atoms with Gasteiger partial charge in [0.2, 0.25) is 0 Å². The van der Waals surface area contributed by atoms with E-state index in [0.29, 0.717) is 11.1 Å². The molecule has 1 aromatic carbocycles. The van der Waals surface area contributed by atoms with Crippen molar-refractivity contribution in [2.24, 2.45) is 0 Å². The molecule has 0 N–H and O–H groups in total. The summed E-state index contributed by atoms with van der Waals surface area (Å²) in [4.78, 5) is 25.4. The van der Waals surface area contributed by atoms with E-state index in [1.54, 1.807) is 13.8 Å². The Hall–Kier alpha value is -1.42. The fraction of sp³-hybridized carbons (Fsp3) is 0.286. The zero-order chi connectivity index (χ0) is 13.4. The zero-order valence-electron chi connectivity index (χ0n) is 10.5. The highest BCUT2D eigenvalue weighted by molar-refractivity contribution is 9.10. The second kappa shape index (κ2) is 4.69. The topological polar surface area (TPSA) is 37.4 Å². The van der Waals surface area contributed by atoms with E-state index < -0.39 is 0 Å². The standard InChI is InChI=1S/C14H14BrNO2/c1-8-9(2)14(18)16(13(8)17)10(3)11-4-6-12(15)7-5-11/h4-7,10H,1-3H3. The molecule has 18 heavy (non-hydrogen) atoms. The van der Waals surface area contributed by atoms with Crippen molar-refractivity contribution >= 4 is 27.7 Å². The molecule has 0 spiro atoms. The van der Waals surface area contributed by atoms with Gasteiger partial charge >= 0.3 is 0 Å². The summed E-state index contributed by atoms with van der Waals surface area (Å²) in [6.07, 6.45) is 0. The van der Waals surface area contributed by atoms with Gasteiger partial charge in [-0.3, -0.25) is 14.5 Å². The summed E-state index contributed by atoms with van der Waals surface area (Å²) in [5.41, 5.74) is 2.04. The maximum atomic E-state index is 12.0. The van der Waals surface area contributed by atoms with Gasteiger partial charge in [0.25, 0.3) is 11.8 Å². The Balaban J connectivity index is 2.31. The molecule has 0 aliphatic carbocycles. The van der Waals surface area contributed by atoms with Crippen molar-refractivity contribution in [2.45, 2.75) is 26.8 Å². The van der Waals surface area contributed by atoms with Crippen LogP contribution in [0.4, 0.5) is 0 Å². The van der Waals surface area contributed by atoms with Gasteiger partial charge in [-0.1, -0.05) is 28.1 Å². The van der Waals surface area contributed by atoms with E-state index >= 15 is 0 Å². The second-order valence-electron chi connectivity index (χ2n) is 4.46. The van der Waals surface area contributed by atoms with Crippen molar-refractivity contribution in [3.05, 3.63) is 45.4 Å². The van der Waals surface area contributed by atoms with Crippen LogP contribution >= 0.6 is 15.9 Å². The lowest BCUT2D eigenvalue weighted by Gasteiger charge is -2.23. The lowest BCUT2D eigenvalue weighted by Crippen LogP contribution is -2.34. The highest BCUT2D eigenvalue weighted by Crippen LogP contribution is 2.30. The number of hydrogen-bond acceptors (Lipinski definition) is 2. The van der Waals surface area contributed by atoms with E-state index in [1.807, 2.05) is 31.2 Å². The van der Waals surface area contributed by atoms with Crippen LogP contribution < -0.4 is 0 Å². The highest BCUT2D eigenvalue weighted by Gasteiger charge is 2.36. The number of hydrogen-bond donors (Lipinski definition) is 0. The van der Waals surface area contributed by atoms with Crippen molar-refractivity contribution in [1.82, 2.24) is 4.90 Å². The van der Waals surface area contributed by atoms with Crippen molar-refractivity contribution in [3.63, 3.8) is 0 Å². The first-order valence-corrected chi connectivity index (χ1v) is 6.53. The Morgan fingerprint density at radius 2 is 1.44 bits per heavy atom. The molecule has 0 saturated carbocycles. The Labute approximate surface area is 115 Å². The van der Waals surface area contributed by atoms with E-state index in [-0.39, 0.29) is 17.9 Å². The Bertz CT molecular complexity index is 521. The monoisotopic (exact) mass is 307 g/mol. The van der Waals surface area contributed by atoms with Crippen molar-refractivity contribution in [2.75, 3.05) is 0 Å². The first-order chi connectivity index (χ1) is 8.43. The number of imide groups is 1. The SMILES string of the molecule is CC1=C(C)C(=O)N(C(C)c2ccc(Br)cc2)C1=O. The predicted molar refractivity (Wildman–Crippen MR) is 72.8 cm³/mol. The van der Waals surface area contributed by atoms with Crippen LogP contribution in [-0.4, -0.2) is 16.7 Å². The normalized spacial score (nSPS) is 17.7. The van der Waals surface area contributed by atoms with E-state index in [9.17, 15) is 9.59 Å². The summed E-state index contributed by atoms with van der Waals surface area (Å²) in [5.74, 6) is -0.374. The van der Waals surface area contributed by atoms with Gasteiger partial charge in [-0.15, -0.1) is 0 Å². The highest BCUT2D eigenvalue weighted by atomic mass is 79.9. The number of carbonyl (C=O) groups is 2. The number of amides is 2. The Morgan fingerprint density at radius 3 is 1.89 bits per heavy atom. The molecule has 94 valence electrons. The van der Waals surface area contributed by atoms with Crippen LogP contribution in [0.1, 0.15) is 32.4 Å². The third-order valence-electron chi connectivity index (χ3n) is 3.38. The molecule has 3 nitrogen and oxygen atoms in total. The number of nitrogens with zero attached hydrogens (tertiary/aromatic N) is 1. The molecular weight excluding hydrogens is 294 g/mol. The average molecular weight is 308 g/mol. The van der Waals surface area contributed by atoms with Gasteiger partial charge in [0.05, 0.1) is 6.04 Å². The third kappa shape index (κ3) is 2.01. The van der Waals surface area contributed by atoms with Crippen LogP contribution in [0.5, 0.6) is 0 Å². The van der Waals surface area contributed by atoms with Gasteiger partial charge in [-0.25, -0.2) is 0 Å². The lowest BCUT2D eigenvalue weighted by atomic mass is 10.1. The first kappa shape index (κ1) is 13.0. The predicted octanol–water partition coefficient (Wildman–Crippen LogP) is 3.22. The molecule has 2 amide bonds. The van der Waals surface area contributed by atoms with Gasteiger partial charge in [0.15, 0.2) is 0 Å². The van der Waals surface area contributed by atoms with Crippen LogP contribution in [-0.2, 0) is 9.59 Å². The molecule has 1 aliphatic rings. The number of rotatable bonds is 2. The number of benzene rings is 1. The molecule has 0 saturated heterocycles. The molecule has 1 heterocycles. The van der Waals surface area contributed by atoms with Crippen molar-refractivity contribution < 1.29 is 9.59 Å². The fourth-order valence-corrected chi connectivity index (χ4v) is 2.28. The molecule has 4 heteroatoms. The molecule has 1 aromatic rings. The van der Waals surface area contributed by atoms with Gasteiger partial charge in [-0.2, -0.15) is 0 Å². The maximum Gasteiger partial charge on any atom is 0.257 e. The minimum atomic E-state index is -0.245. The lowest BCUT2D eigenvalue weighted by molar-refractivity contribution is -0.140. The summed E-state index contributed by atoms with van der Waals surface area (Å²) < 4.78 is 0.975. The summed E-state index contributed by atoms with van der Waals surface area (Å²) >= 11 is 3.37. The Morgan fingerprint density at radius 1 is 1.00 bits per heavy atom. The van der Waals surface area contributed by atoms with Crippen LogP contribution in [0, 0.1) is 0 Å². The molecule has 1 atom stereocenters. The van der Waals surface area contributed by atoms with Crippen LogP contribution in [0.2, 0.25) is 0 Å². The van der Waals surface area contributed by atoms with E-state index in [1.165, 1.54) is 4.90 Å². The van der Waals surface area contributed by atoms with E-state index in [0.717, 1.165) is 10.0 Å². The molecule has 0 radical (unpaired) electrons. The Kier molecular flexibility index (Phi) is 3.39. The maximum absolute atomic E-state index is 12.0. The van der Waals surface area contributed by atoms with Gasteiger partial charge < -0.3 is 0 Å². The van der Waals surface area contributed by atoms with Gasteiger partial charge in [0.1, 0.15) is 0 Å². The van der Waals surface area contributed by atoms with Crippen LogP contribution in [0.3, 0.4) is 0 Å². The minimum Gasteiger partial charge on any atom is -0.269 e. The third-order valence-corrected chi connectivity index (χ3v) is 3.91. The largest absolute Gasteiger partial charge is 0.269 e. The molecular formula is C14H14BrNO2. The zero-order valence-corrected chi connectivity index (χ0v) is 12.1. The van der Waals surface area contributed by atoms with Crippen molar-refractivity contribution in [1.29, 1.82) is 0 Å². The minimum absolute atomic E-state index is 0.187. The smallest absolute Gasteiger partial charge is 0.257 e. The molecule has 0 aromatic heterocycles. The van der Waals surface area contributed by atoms with Gasteiger partial charge in [-0.05, 0) is 38.5 Å². The summed E-state index contributed by atoms with van der Waals surface area (Å²) in [5, 5.41) is 0. The van der Waals surface area contributed by atoms with E-state index in [4.69, 9.17) is 0 Å². The summed E-state index contributed by atoms with van der Waals surface area (Å²) in [6, 6.07) is 7.40. The average Bonchev–Trinajstić information content (AvgIpc) is 2.54. The van der Waals surface area contributed by atoms with Crippen LogP contribution in [0.25, 0.3) is 0 Å². The van der Waals surface area contributed by atoms with Crippen molar-refractivity contribution in [3.8, 4) is 0 Å².